The average Bonchev–Trinajstić information content (AvgIpc) is 3.21. The molecule has 3 rings (SSSR count). The number of anilines is 1. The lowest BCUT2D eigenvalue weighted by Gasteiger charge is -2.25. The van der Waals surface area contributed by atoms with Gasteiger partial charge in [0.1, 0.15) is 6.54 Å². The van der Waals surface area contributed by atoms with Crippen molar-refractivity contribution in [3.63, 3.8) is 0 Å². The third kappa shape index (κ3) is 6.26. The largest absolute Gasteiger partial charge is 0.329 e. The first kappa shape index (κ1) is 23.7. The molecular weight excluding hydrogens is 418 g/mol. The van der Waals surface area contributed by atoms with Crippen molar-refractivity contribution >= 4 is 28.3 Å². The van der Waals surface area contributed by atoms with Crippen LogP contribution in [0.15, 0.2) is 60.0 Å². The Morgan fingerprint density at radius 1 is 1.03 bits per heavy atom. The molecule has 6 heteroatoms. The van der Waals surface area contributed by atoms with Gasteiger partial charge in [-0.05, 0) is 29.0 Å². The van der Waals surface area contributed by atoms with E-state index in [9.17, 15) is 9.59 Å². The van der Waals surface area contributed by atoms with Crippen LogP contribution in [0.25, 0.3) is 11.3 Å². The first-order valence-corrected chi connectivity index (χ1v) is 11.7. The van der Waals surface area contributed by atoms with E-state index < -0.39 is 0 Å². The van der Waals surface area contributed by atoms with Crippen LogP contribution in [-0.2, 0) is 10.2 Å². The number of rotatable bonds is 7. The molecule has 5 nitrogen and oxygen atoms in total. The number of amides is 2. The molecule has 0 unspecified atom stereocenters. The predicted molar refractivity (Wildman–Crippen MR) is 132 cm³/mol. The van der Waals surface area contributed by atoms with E-state index in [1.807, 2.05) is 73.8 Å². The number of hydrogen-bond acceptors (Lipinski definition) is 4. The third-order valence-electron chi connectivity index (χ3n) is 5.03. The second-order valence-electron chi connectivity index (χ2n) is 9.36. The van der Waals surface area contributed by atoms with Crippen molar-refractivity contribution in [2.45, 2.75) is 40.0 Å². The highest BCUT2D eigenvalue weighted by atomic mass is 32.1. The molecule has 0 fully saturated rings. The van der Waals surface area contributed by atoms with Crippen molar-refractivity contribution < 1.29 is 9.59 Å². The van der Waals surface area contributed by atoms with Gasteiger partial charge in [-0.1, -0.05) is 77.1 Å². The highest BCUT2D eigenvalue weighted by Gasteiger charge is 2.21. The van der Waals surface area contributed by atoms with Crippen molar-refractivity contribution in [2.75, 3.05) is 18.4 Å². The standard InChI is InChI=1S/C26H31N3O2S/c1-18(2)15-29(24(31)20-11-13-21(14-12-20)26(3,4)5)16-23(30)28-25-27-22(17-32-25)19-9-7-6-8-10-19/h6-14,17-18H,15-16H2,1-5H3,(H,27,28,30). The number of aromatic nitrogens is 1. The molecule has 0 aliphatic carbocycles. The molecule has 0 saturated carbocycles. The van der Waals surface area contributed by atoms with Gasteiger partial charge in [0.15, 0.2) is 5.13 Å². The Balaban J connectivity index is 1.69. The maximum atomic E-state index is 13.2. The SMILES string of the molecule is CC(C)CN(CC(=O)Nc1nc(-c2ccccc2)cs1)C(=O)c1ccc(C(C)(C)C)cc1. The molecule has 168 valence electrons. The lowest BCUT2D eigenvalue weighted by atomic mass is 9.86. The molecule has 0 spiro atoms. The van der Waals surface area contributed by atoms with Gasteiger partial charge in [0, 0.05) is 23.1 Å². The van der Waals surface area contributed by atoms with Crippen LogP contribution in [0.5, 0.6) is 0 Å². The summed E-state index contributed by atoms with van der Waals surface area (Å²) >= 11 is 1.38. The molecule has 1 aromatic heterocycles. The summed E-state index contributed by atoms with van der Waals surface area (Å²) in [7, 11) is 0. The predicted octanol–water partition coefficient (Wildman–Crippen LogP) is 5.84. The van der Waals surface area contributed by atoms with Crippen LogP contribution in [0.4, 0.5) is 5.13 Å². The summed E-state index contributed by atoms with van der Waals surface area (Å²) in [5, 5.41) is 5.29. The summed E-state index contributed by atoms with van der Waals surface area (Å²) in [6, 6.07) is 17.5. The van der Waals surface area contributed by atoms with Crippen LogP contribution in [0, 0.1) is 5.92 Å². The number of nitrogens with one attached hydrogen (secondary N) is 1. The molecule has 0 atom stereocenters. The zero-order valence-corrected chi connectivity index (χ0v) is 20.2. The summed E-state index contributed by atoms with van der Waals surface area (Å²) < 4.78 is 0. The van der Waals surface area contributed by atoms with E-state index in [0.29, 0.717) is 17.2 Å². The zero-order chi connectivity index (χ0) is 23.3. The fourth-order valence-electron chi connectivity index (χ4n) is 3.36. The summed E-state index contributed by atoms with van der Waals surface area (Å²) in [5.41, 5.74) is 3.59. The molecule has 32 heavy (non-hydrogen) atoms. The van der Waals surface area contributed by atoms with E-state index >= 15 is 0 Å². The third-order valence-corrected chi connectivity index (χ3v) is 5.78. The van der Waals surface area contributed by atoms with Crippen LogP contribution in [0.2, 0.25) is 0 Å². The van der Waals surface area contributed by atoms with Gasteiger partial charge in [0.2, 0.25) is 5.91 Å². The van der Waals surface area contributed by atoms with E-state index in [2.05, 4.69) is 31.1 Å². The topological polar surface area (TPSA) is 62.3 Å². The molecule has 0 saturated heterocycles. The van der Waals surface area contributed by atoms with Crippen LogP contribution < -0.4 is 5.32 Å². The summed E-state index contributed by atoms with van der Waals surface area (Å²) in [6.07, 6.45) is 0. The Morgan fingerprint density at radius 2 is 1.69 bits per heavy atom. The molecule has 1 heterocycles. The lowest BCUT2D eigenvalue weighted by Crippen LogP contribution is -2.40. The quantitative estimate of drug-likeness (QED) is 0.492. The minimum absolute atomic E-state index is 0.0156. The van der Waals surface area contributed by atoms with Crippen molar-refractivity contribution in [1.29, 1.82) is 0 Å². The van der Waals surface area contributed by atoms with Crippen molar-refractivity contribution in [3.8, 4) is 11.3 Å². The van der Waals surface area contributed by atoms with E-state index in [1.165, 1.54) is 16.9 Å². The Morgan fingerprint density at radius 3 is 2.28 bits per heavy atom. The number of carbonyl (C=O) groups excluding carboxylic acids is 2. The first-order valence-electron chi connectivity index (χ1n) is 10.8. The Labute approximate surface area is 194 Å². The molecule has 0 aliphatic heterocycles. The molecule has 0 radical (unpaired) electrons. The van der Waals surface area contributed by atoms with E-state index in [1.54, 1.807) is 4.90 Å². The zero-order valence-electron chi connectivity index (χ0n) is 19.4. The highest BCUT2D eigenvalue weighted by molar-refractivity contribution is 7.14. The number of nitrogens with zero attached hydrogens (tertiary/aromatic N) is 2. The smallest absolute Gasteiger partial charge is 0.254 e. The van der Waals surface area contributed by atoms with Gasteiger partial charge in [-0.3, -0.25) is 9.59 Å². The molecular formula is C26H31N3O2S. The minimum atomic E-state index is -0.251. The van der Waals surface area contributed by atoms with Gasteiger partial charge in [0.25, 0.3) is 5.91 Å². The van der Waals surface area contributed by atoms with Gasteiger partial charge in [-0.15, -0.1) is 11.3 Å². The summed E-state index contributed by atoms with van der Waals surface area (Å²) in [4.78, 5) is 32.0. The first-order chi connectivity index (χ1) is 15.1. The van der Waals surface area contributed by atoms with Crippen LogP contribution in [0.3, 0.4) is 0 Å². The average molecular weight is 450 g/mol. The fourth-order valence-corrected chi connectivity index (χ4v) is 4.10. The van der Waals surface area contributed by atoms with Gasteiger partial charge in [0.05, 0.1) is 5.69 Å². The summed E-state index contributed by atoms with van der Waals surface area (Å²) in [6.45, 7) is 11.0. The molecule has 2 amide bonds. The normalized spacial score (nSPS) is 11.4. The van der Waals surface area contributed by atoms with Crippen LogP contribution in [0.1, 0.15) is 50.5 Å². The molecule has 1 N–H and O–H groups in total. The number of carbonyl (C=O) groups is 2. The lowest BCUT2D eigenvalue weighted by molar-refractivity contribution is -0.117. The molecule has 2 aromatic carbocycles. The Kier molecular flexibility index (Phi) is 7.46. The van der Waals surface area contributed by atoms with E-state index in [0.717, 1.165) is 11.3 Å². The Hall–Kier alpha value is -2.99. The molecule has 0 aliphatic rings. The number of benzene rings is 2. The van der Waals surface area contributed by atoms with Gasteiger partial charge in [-0.2, -0.15) is 0 Å². The van der Waals surface area contributed by atoms with Crippen molar-refractivity contribution in [1.82, 2.24) is 9.88 Å². The number of thiazole rings is 1. The van der Waals surface area contributed by atoms with E-state index in [4.69, 9.17) is 0 Å². The van der Waals surface area contributed by atoms with Crippen molar-refractivity contribution in [3.05, 3.63) is 71.1 Å². The Bertz CT molecular complexity index is 1050. The van der Waals surface area contributed by atoms with Crippen LogP contribution >= 0.6 is 11.3 Å². The summed E-state index contributed by atoms with van der Waals surface area (Å²) in [5.74, 6) is -0.150. The highest BCUT2D eigenvalue weighted by Crippen LogP contribution is 2.25. The molecule has 3 aromatic rings. The maximum Gasteiger partial charge on any atom is 0.254 e. The second-order valence-corrected chi connectivity index (χ2v) is 10.2. The van der Waals surface area contributed by atoms with Gasteiger partial charge in [-0.25, -0.2) is 4.98 Å². The number of hydrogen-bond donors (Lipinski definition) is 1. The fraction of sp³-hybridized carbons (Fsp3) is 0.346. The monoisotopic (exact) mass is 449 g/mol. The minimum Gasteiger partial charge on any atom is -0.329 e. The van der Waals surface area contributed by atoms with Gasteiger partial charge < -0.3 is 10.2 Å². The van der Waals surface area contributed by atoms with Crippen molar-refractivity contribution in [2.24, 2.45) is 5.92 Å². The molecule has 0 bridgehead atoms. The maximum absolute atomic E-state index is 13.2. The van der Waals surface area contributed by atoms with Crippen LogP contribution in [-0.4, -0.2) is 34.8 Å². The second kappa shape index (κ2) is 10.1. The van der Waals surface area contributed by atoms with Gasteiger partial charge >= 0.3 is 0 Å². The van der Waals surface area contributed by atoms with E-state index in [-0.39, 0.29) is 29.7 Å².